The highest BCUT2D eigenvalue weighted by atomic mass is 35.5. The second-order valence-corrected chi connectivity index (χ2v) is 6.65. The highest BCUT2D eigenvalue weighted by Crippen LogP contribution is 2.31. The van der Waals surface area contributed by atoms with Crippen molar-refractivity contribution in [2.45, 2.75) is 43.6 Å². The Morgan fingerprint density at radius 2 is 2.32 bits per heavy atom. The summed E-state index contributed by atoms with van der Waals surface area (Å²) in [6.45, 7) is 2.21. The van der Waals surface area contributed by atoms with E-state index in [0.717, 1.165) is 38.0 Å². The molecule has 1 saturated carbocycles. The molecule has 1 aliphatic heterocycles. The van der Waals surface area contributed by atoms with Crippen molar-refractivity contribution in [1.29, 1.82) is 0 Å². The third-order valence-corrected chi connectivity index (χ3v) is 5.10. The Kier molecular flexibility index (Phi) is 5.37. The summed E-state index contributed by atoms with van der Waals surface area (Å²) in [5, 5.41) is 11.2. The minimum absolute atomic E-state index is 0.270. The van der Waals surface area contributed by atoms with E-state index in [2.05, 4.69) is 4.90 Å². The first-order valence-corrected chi connectivity index (χ1v) is 8.37. The average Bonchev–Trinajstić information content (AvgIpc) is 2.54. The van der Waals surface area contributed by atoms with Crippen molar-refractivity contribution >= 4 is 11.6 Å². The van der Waals surface area contributed by atoms with Gasteiger partial charge in [-0.2, -0.15) is 0 Å². The van der Waals surface area contributed by atoms with Gasteiger partial charge in [-0.25, -0.2) is 0 Å². The standard InChI is InChI=1S/C17H24ClNO3/c1-21-14-5-6-17-15(10-14)19(7-8-22-17)11-16(20)12-3-2-4-13(18)9-12/h2-4,9,14-17,20H,5-8,10-11H2,1H3/t14-,15+,16+,17-/m0/s1. The molecule has 2 aliphatic rings. The summed E-state index contributed by atoms with van der Waals surface area (Å²) in [4.78, 5) is 2.35. The number of methoxy groups -OCH3 is 1. The van der Waals surface area contributed by atoms with Crippen LogP contribution in [0.2, 0.25) is 5.02 Å². The van der Waals surface area contributed by atoms with Gasteiger partial charge in [0.05, 0.1) is 24.9 Å². The first kappa shape index (κ1) is 16.2. The van der Waals surface area contributed by atoms with E-state index in [0.29, 0.717) is 23.7 Å². The molecule has 0 aromatic heterocycles. The lowest BCUT2D eigenvalue weighted by atomic mass is 9.87. The molecule has 4 nitrogen and oxygen atoms in total. The molecule has 0 amide bonds. The molecule has 0 spiro atoms. The molecule has 1 aliphatic carbocycles. The number of ether oxygens (including phenoxy) is 2. The summed E-state index contributed by atoms with van der Waals surface area (Å²) in [6, 6.07) is 7.80. The molecule has 0 radical (unpaired) electrons. The lowest BCUT2D eigenvalue weighted by molar-refractivity contribution is -0.120. The zero-order valence-corrected chi connectivity index (χ0v) is 13.7. The predicted molar refractivity (Wildman–Crippen MR) is 86.2 cm³/mol. The van der Waals surface area contributed by atoms with Crippen molar-refractivity contribution in [1.82, 2.24) is 4.90 Å². The van der Waals surface area contributed by atoms with Crippen LogP contribution in [-0.2, 0) is 9.47 Å². The molecule has 122 valence electrons. The highest BCUT2D eigenvalue weighted by molar-refractivity contribution is 6.30. The Morgan fingerprint density at radius 3 is 3.09 bits per heavy atom. The quantitative estimate of drug-likeness (QED) is 0.924. The fourth-order valence-corrected chi connectivity index (χ4v) is 3.83. The fraction of sp³-hybridized carbons (Fsp3) is 0.647. The van der Waals surface area contributed by atoms with Gasteiger partial charge in [0.2, 0.25) is 0 Å². The van der Waals surface area contributed by atoms with E-state index >= 15 is 0 Å². The van der Waals surface area contributed by atoms with Gasteiger partial charge in [0.25, 0.3) is 0 Å². The minimum Gasteiger partial charge on any atom is -0.387 e. The summed E-state index contributed by atoms with van der Waals surface area (Å²) in [5.74, 6) is 0. The van der Waals surface area contributed by atoms with Crippen LogP contribution >= 0.6 is 11.6 Å². The molecule has 1 N–H and O–H groups in total. The summed E-state index contributed by atoms with van der Waals surface area (Å²) in [5.41, 5.74) is 0.870. The first-order valence-electron chi connectivity index (χ1n) is 7.99. The number of aliphatic hydroxyl groups is 1. The van der Waals surface area contributed by atoms with Crippen LogP contribution in [0.5, 0.6) is 0 Å². The number of hydrogen-bond acceptors (Lipinski definition) is 4. The number of hydrogen-bond donors (Lipinski definition) is 1. The molecule has 1 heterocycles. The number of β-amino-alcohol motifs (C(OH)–C–C–N with tert-alkyl or cyclic N) is 1. The topological polar surface area (TPSA) is 41.9 Å². The van der Waals surface area contributed by atoms with Gasteiger partial charge in [-0.1, -0.05) is 23.7 Å². The average molecular weight is 326 g/mol. The normalized spacial score (nSPS) is 30.8. The Labute approximate surface area is 137 Å². The number of nitrogens with zero attached hydrogens (tertiary/aromatic N) is 1. The molecule has 0 bridgehead atoms. The Balaban J connectivity index is 1.67. The maximum Gasteiger partial charge on any atom is 0.0917 e. The van der Waals surface area contributed by atoms with Crippen molar-refractivity contribution in [3.63, 3.8) is 0 Å². The van der Waals surface area contributed by atoms with E-state index in [-0.39, 0.29) is 6.10 Å². The number of morpholine rings is 1. The molecule has 1 aromatic rings. The van der Waals surface area contributed by atoms with Crippen LogP contribution < -0.4 is 0 Å². The van der Waals surface area contributed by atoms with Crippen LogP contribution in [0.25, 0.3) is 0 Å². The van der Waals surface area contributed by atoms with E-state index in [1.54, 1.807) is 7.11 Å². The van der Waals surface area contributed by atoms with E-state index in [1.165, 1.54) is 0 Å². The monoisotopic (exact) mass is 325 g/mol. The largest absolute Gasteiger partial charge is 0.387 e. The maximum atomic E-state index is 10.5. The number of fused-ring (bicyclic) bond motifs is 1. The van der Waals surface area contributed by atoms with Crippen LogP contribution in [0.4, 0.5) is 0 Å². The van der Waals surface area contributed by atoms with Crippen LogP contribution in [0.3, 0.4) is 0 Å². The predicted octanol–water partition coefficient (Wildman–Crippen LogP) is 2.64. The minimum atomic E-state index is -0.527. The lowest BCUT2D eigenvalue weighted by Crippen LogP contribution is -2.55. The van der Waals surface area contributed by atoms with Crippen molar-refractivity contribution in [2.24, 2.45) is 0 Å². The van der Waals surface area contributed by atoms with E-state index < -0.39 is 6.10 Å². The molecule has 22 heavy (non-hydrogen) atoms. The van der Waals surface area contributed by atoms with E-state index in [4.69, 9.17) is 21.1 Å². The van der Waals surface area contributed by atoms with Crippen LogP contribution in [0.1, 0.15) is 30.9 Å². The molecule has 2 fully saturated rings. The molecule has 5 heteroatoms. The summed E-state index contributed by atoms with van der Waals surface area (Å²) < 4.78 is 11.4. The SMILES string of the molecule is CO[C@H]1CC[C@@H]2OCCN(C[C@@H](O)c3cccc(Cl)c3)[C@@H]2C1. The second kappa shape index (κ2) is 7.28. The van der Waals surface area contributed by atoms with Gasteiger partial charge < -0.3 is 14.6 Å². The lowest BCUT2D eigenvalue weighted by Gasteiger charge is -2.46. The van der Waals surface area contributed by atoms with E-state index in [9.17, 15) is 5.11 Å². The van der Waals surface area contributed by atoms with Gasteiger partial charge in [0.15, 0.2) is 0 Å². The number of benzene rings is 1. The van der Waals surface area contributed by atoms with Crippen LogP contribution in [0.15, 0.2) is 24.3 Å². The number of aliphatic hydroxyl groups excluding tert-OH is 1. The summed E-state index contributed by atoms with van der Waals surface area (Å²) >= 11 is 6.02. The van der Waals surface area contributed by atoms with Gasteiger partial charge in [0, 0.05) is 31.3 Å². The van der Waals surface area contributed by atoms with Crippen molar-refractivity contribution in [2.75, 3.05) is 26.8 Å². The van der Waals surface area contributed by atoms with Gasteiger partial charge >= 0.3 is 0 Å². The molecule has 3 rings (SSSR count). The smallest absolute Gasteiger partial charge is 0.0917 e. The zero-order chi connectivity index (χ0) is 15.5. The Hall–Kier alpha value is -0.650. The third-order valence-electron chi connectivity index (χ3n) is 4.86. The second-order valence-electron chi connectivity index (χ2n) is 6.21. The van der Waals surface area contributed by atoms with Gasteiger partial charge in [-0.15, -0.1) is 0 Å². The Morgan fingerprint density at radius 1 is 1.45 bits per heavy atom. The molecule has 1 saturated heterocycles. The highest BCUT2D eigenvalue weighted by Gasteiger charge is 2.38. The third kappa shape index (κ3) is 3.63. The molecular formula is C17H24ClNO3. The van der Waals surface area contributed by atoms with Gasteiger partial charge in [-0.05, 0) is 37.0 Å². The fourth-order valence-electron chi connectivity index (χ4n) is 3.63. The molecule has 0 unspecified atom stereocenters. The van der Waals surface area contributed by atoms with Gasteiger partial charge in [0.1, 0.15) is 0 Å². The van der Waals surface area contributed by atoms with E-state index in [1.807, 2.05) is 24.3 Å². The van der Waals surface area contributed by atoms with Crippen molar-refractivity contribution in [3.8, 4) is 0 Å². The number of rotatable bonds is 4. The Bertz CT molecular complexity index is 499. The molecular weight excluding hydrogens is 302 g/mol. The van der Waals surface area contributed by atoms with Crippen molar-refractivity contribution < 1.29 is 14.6 Å². The van der Waals surface area contributed by atoms with Crippen LogP contribution in [0, 0.1) is 0 Å². The van der Waals surface area contributed by atoms with Crippen molar-refractivity contribution in [3.05, 3.63) is 34.9 Å². The summed E-state index contributed by atoms with van der Waals surface area (Å²) in [6.07, 6.45) is 3.11. The first-order chi connectivity index (χ1) is 10.7. The number of halogens is 1. The molecule has 1 aromatic carbocycles. The zero-order valence-electron chi connectivity index (χ0n) is 13.0. The molecule has 4 atom stereocenters. The van der Waals surface area contributed by atoms with Gasteiger partial charge in [-0.3, -0.25) is 4.90 Å². The summed E-state index contributed by atoms with van der Waals surface area (Å²) in [7, 11) is 1.78. The van der Waals surface area contributed by atoms with Crippen LogP contribution in [-0.4, -0.2) is 55.1 Å². The maximum absolute atomic E-state index is 10.5.